The highest BCUT2D eigenvalue weighted by Crippen LogP contribution is 2.39. The highest BCUT2D eigenvalue weighted by molar-refractivity contribution is 7.00. The Morgan fingerprint density at radius 1 is 0.370 bits per heavy atom. The molecule has 4 atom stereocenters. The van der Waals surface area contributed by atoms with Crippen molar-refractivity contribution in [1.29, 1.82) is 0 Å². The van der Waals surface area contributed by atoms with Crippen molar-refractivity contribution >= 4 is 49.2 Å². The van der Waals surface area contributed by atoms with Crippen molar-refractivity contribution in [3.8, 4) is 11.5 Å². The number of benzene rings is 6. The summed E-state index contributed by atoms with van der Waals surface area (Å²) in [6.07, 6.45) is 45.5. The molecule has 0 bridgehead atoms. The predicted octanol–water partition coefficient (Wildman–Crippen LogP) is 23.7. The molecular formula is C104H168N4O9Si2. The summed E-state index contributed by atoms with van der Waals surface area (Å²) in [4.78, 5) is 29.7. The Morgan fingerprint density at radius 3 is 1.01 bits per heavy atom. The average Bonchev–Trinajstić information content (AvgIpc) is 0.753. The van der Waals surface area contributed by atoms with E-state index in [1.807, 2.05) is 24.3 Å². The standard InChI is InChI=1S/C53H86N2O5Si.C51H82N2O4Si/c1-8-10-12-14-15-16-17-18-19-21-29-35-52(56)54-47(44-60-61(53(3,4)5,50-31-25-22-26-32-50)51-33-27-23-28-34-51)42-55(45-57-6)41-40-49(30-24-20-13-11-9-2)59-43-46-36-38-48(58-7)39-37-46;1-7-9-11-13-14-15-16-17-18-20-28-34-50(54)53-45(43-57-58(51(3,4)5,48-30-24-21-25-31-48)49-32-26-22-27-33-49)41-52-40-39-47(29-23-19-12-10-8-2)56-42-44-35-37-46(55-6)38-36-44/h22-23,25-28,31-34,36-39,47,49H,8-21,24,29-30,35,40-45H2,1-7H3,(H,54,56);21-22,24-27,30-33,35-38,45,47,52H,7-20,23,28-29,34,39-43H2,1-6H3,(H,53,54)/t47-,49-;45-,47-/m11/s1. The topological polar surface area (TPSA) is 138 Å². The molecule has 2 amide bonds. The fourth-order valence-electron chi connectivity index (χ4n) is 16.8. The molecule has 6 aromatic carbocycles. The Hall–Kier alpha value is -5.99. The van der Waals surface area contributed by atoms with Crippen LogP contribution in [0.25, 0.3) is 0 Å². The van der Waals surface area contributed by atoms with E-state index in [1.165, 1.54) is 194 Å². The number of carbonyl (C=O) groups excluding carboxylic acids is 2. The van der Waals surface area contributed by atoms with E-state index in [4.69, 9.17) is 32.5 Å². The number of unbranched alkanes of at least 4 members (excludes halogenated alkanes) is 28. The molecule has 0 fully saturated rings. The molecule has 0 spiro atoms. The fourth-order valence-corrected chi connectivity index (χ4v) is 26.0. The van der Waals surface area contributed by atoms with Crippen molar-refractivity contribution in [2.45, 2.75) is 361 Å². The third kappa shape index (κ3) is 41.4. The van der Waals surface area contributed by atoms with E-state index in [0.717, 1.165) is 93.5 Å². The first-order chi connectivity index (χ1) is 57.9. The minimum absolute atomic E-state index is 0.108. The number of hydrogen-bond acceptors (Lipinski definition) is 11. The monoisotopic (exact) mass is 1670 g/mol. The Kier molecular flexibility index (Phi) is 54.8. The number of amides is 2. The summed E-state index contributed by atoms with van der Waals surface area (Å²) in [6, 6.07) is 59.2. The molecule has 119 heavy (non-hydrogen) atoms. The molecule has 0 heterocycles. The summed E-state index contributed by atoms with van der Waals surface area (Å²) in [5.41, 5.74) is 2.30. The van der Waals surface area contributed by atoms with Crippen molar-refractivity contribution in [3.63, 3.8) is 0 Å². The number of nitrogens with one attached hydrogen (secondary N) is 3. The summed E-state index contributed by atoms with van der Waals surface area (Å²) in [6.45, 7) is 28.3. The fraction of sp³-hybridized carbons (Fsp3) is 0.635. The van der Waals surface area contributed by atoms with Crippen LogP contribution in [0.2, 0.25) is 10.1 Å². The van der Waals surface area contributed by atoms with E-state index in [2.05, 4.69) is 236 Å². The van der Waals surface area contributed by atoms with Gasteiger partial charge in [0.15, 0.2) is 0 Å². The molecule has 0 aliphatic carbocycles. The van der Waals surface area contributed by atoms with Gasteiger partial charge in [-0.2, -0.15) is 0 Å². The molecule has 6 aromatic rings. The second-order valence-corrected chi connectivity index (χ2v) is 44.4. The predicted molar refractivity (Wildman–Crippen MR) is 509 cm³/mol. The number of ether oxygens (including phenoxy) is 5. The molecule has 666 valence electrons. The normalized spacial score (nSPS) is 13.0. The van der Waals surface area contributed by atoms with Gasteiger partial charge in [0.05, 0.1) is 71.7 Å². The van der Waals surface area contributed by atoms with Crippen LogP contribution in [0.3, 0.4) is 0 Å². The molecule has 6 rings (SSSR count). The van der Waals surface area contributed by atoms with Gasteiger partial charge >= 0.3 is 0 Å². The summed E-state index contributed by atoms with van der Waals surface area (Å²) in [5.74, 6) is 1.95. The second kappa shape index (κ2) is 63.0. The highest BCUT2D eigenvalue weighted by atomic mass is 28.4. The first-order valence-corrected chi connectivity index (χ1v) is 51.2. The molecule has 0 saturated heterocycles. The Morgan fingerprint density at radius 2 is 0.681 bits per heavy atom. The van der Waals surface area contributed by atoms with E-state index in [1.54, 1.807) is 21.3 Å². The molecule has 13 nitrogen and oxygen atoms in total. The third-order valence-electron chi connectivity index (χ3n) is 23.7. The Balaban J connectivity index is 0.000000424. The van der Waals surface area contributed by atoms with Gasteiger partial charge in [-0.25, -0.2) is 0 Å². The Labute approximate surface area is 728 Å². The van der Waals surface area contributed by atoms with Crippen molar-refractivity contribution in [3.05, 3.63) is 181 Å². The molecule has 0 unspecified atom stereocenters. The van der Waals surface area contributed by atoms with E-state index >= 15 is 0 Å². The van der Waals surface area contributed by atoms with Gasteiger partial charge < -0.3 is 48.5 Å². The summed E-state index contributed by atoms with van der Waals surface area (Å²) < 4.78 is 44.6. The maximum absolute atomic E-state index is 13.8. The van der Waals surface area contributed by atoms with Gasteiger partial charge in [0.1, 0.15) is 11.5 Å². The summed E-state index contributed by atoms with van der Waals surface area (Å²) >= 11 is 0. The van der Waals surface area contributed by atoms with E-state index in [9.17, 15) is 9.59 Å². The van der Waals surface area contributed by atoms with Crippen LogP contribution in [0.1, 0.15) is 324 Å². The average molecular weight is 1670 g/mol. The minimum atomic E-state index is -2.83. The molecule has 3 N–H and O–H groups in total. The van der Waals surface area contributed by atoms with Gasteiger partial charge in [0.2, 0.25) is 11.8 Å². The molecular weight excluding hydrogens is 1510 g/mol. The van der Waals surface area contributed by atoms with Gasteiger partial charge in [-0.1, -0.05) is 407 Å². The van der Waals surface area contributed by atoms with E-state index < -0.39 is 16.6 Å². The molecule has 0 aliphatic heterocycles. The van der Waals surface area contributed by atoms with Crippen LogP contribution in [0.15, 0.2) is 170 Å². The smallest absolute Gasteiger partial charge is 0.261 e. The van der Waals surface area contributed by atoms with Gasteiger partial charge in [-0.3, -0.25) is 14.5 Å². The molecule has 0 aromatic heterocycles. The largest absolute Gasteiger partial charge is 0.497 e. The van der Waals surface area contributed by atoms with Crippen molar-refractivity contribution in [2.75, 3.05) is 67.5 Å². The quantitative estimate of drug-likeness (QED) is 0.0191. The SMILES string of the molecule is CCCCCCCCCCCCCC(=O)N[C@@H](CO[Si](c1ccccc1)(c1ccccc1)C(C)(C)C)CN(CC[C@@H](CCCCCCC)OCc1ccc(OC)cc1)COC.CCCCCCCCCCCCCC(=O)N[C@H](CNCC[C@@H](CCCCCCC)OCc1ccc(OC)cc1)CO[Si](c1ccccc1)(c1ccccc1)C(C)(C)C. The number of methoxy groups -OCH3 is 3. The number of nitrogens with zero attached hydrogens (tertiary/aromatic N) is 1. The summed E-state index contributed by atoms with van der Waals surface area (Å²) in [7, 11) is -0.439. The zero-order valence-corrected chi connectivity index (χ0v) is 79.3. The molecule has 0 aliphatic rings. The minimum Gasteiger partial charge on any atom is -0.497 e. The zero-order chi connectivity index (χ0) is 85.8. The first-order valence-electron chi connectivity index (χ1n) is 47.4. The molecule has 0 radical (unpaired) electrons. The van der Waals surface area contributed by atoms with Gasteiger partial charge in [0.25, 0.3) is 16.6 Å². The Bertz CT molecular complexity index is 3340. The maximum atomic E-state index is 13.8. The number of carbonyl (C=O) groups is 2. The van der Waals surface area contributed by atoms with Crippen LogP contribution in [0.5, 0.6) is 11.5 Å². The lowest BCUT2D eigenvalue weighted by molar-refractivity contribution is -0.123. The van der Waals surface area contributed by atoms with Crippen molar-refractivity contribution in [2.24, 2.45) is 0 Å². The first kappa shape index (κ1) is 104. The zero-order valence-electron chi connectivity index (χ0n) is 77.3. The van der Waals surface area contributed by atoms with Gasteiger partial charge in [-0.15, -0.1) is 0 Å². The van der Waals surface area contributed by atoms with E-state index in [-0.39, 0.29) is 46.2 Å². The lowest BCUT2D eigenvalue weighted by Crippen LogP contribution is -2.67. The van der Waals surface area contributed by atoms with E-state index in [0.29, 0.717) is 59.1 Å². The lowest BCUT2D eigenvalue weighted by atomic mass is 10.1. The lowest BCUT2D eigenvalue weighted by Gasteiger charge is -2.44. The van der Waals surface area contributed by atoms with Crippen LogP contribution in [0, 0.1) is 0 Å². The number of hydrogen-bond donors (Lipinski definition) is 3. The molecule has 15 heteroatoms. The third-order valence-corrected chi connectivity index (χ3v) is 33.7. The van der Waals surface area contributed by atoms with Crippen LogP contribution < -0.4 is 46.2 Å². The van der Waals surface area contributed by atoms with Crippen LogP contribution in [-0.4, -0.2) is 125 Å². The summed E-state index contributed by atoms with van der Waals surface area (Å²) in [5, 5.41) is 15.3. The van der Waals surface area contributed by atoms with Gasteiger partial charge in [-0.05, 0) is 111 Å². The molecule has 0 saturated carbocycles. The van der Waals surface area contributed by atoms with Crippen LogP contribution in [-0.2, 0) is 45.9 Å². The second-order valence-electron chi connectivity index (χ2n) is 35.8. The van der Waals surface area contributed by atoms with Gasteiger partial charge in [0, 0.05) is 39.6 Å². The van der Waals surface area contributed by atoms with Crippen molar-refractivity contribution < 1.29 is 42.1 Å². The number of rotatable bonds is 68. The highest BCUT2D eigenvalue weighted by Gasteiger charge is 2.52. The van der Waals surface area contributed by atoms with Crippen molar-refractivity contribution in [1.82, 2.24) is 20.9 Å². The van der Waals surface area contributed by atoms with Crippen LogP contribution in [0.4, 0.5) is 0 Å². The maximum Gasteiger partial charge on any atom is 0.261 e. The van der Waals surface area contributed by atoms with Crippen LogP contribution >= 0.6 is 0 Å².